The Morgan fingerprint density at radius 1 is 1.23 bits per heavy atom. The third-order valence-corrected chi connectivity index (χ3v) is 6.37. The van der Waals surface area contributed by atoms with Crippen LogP contribution in [0.5, 0.6) is 5.75 Å². The van der Waals surface area contributed by atoms with Crippen LogP contribution in [0.4, 0.5) is 10.4 Å². The third kappa shape index (κ3) is 3.64. The lowest BCUT2D eigenvalue weighted by Gasteiger charge is -2.16. The molecule has 0 amide bonds. The van der Waals surface area contributed by atoms with Gasteiger partial charge >= 0.3 is 6.01 Å². The topological polar surface area (TPSA) is 64.3 Å². The van der Waals surface area contributed by atoms with Crippen LogP contribution in [0.25, 0.3) is 11.3 Å². The molecule has 6 nitrogen and oxygen atoms in total. The molecule has 3 atom stereocenters. The molecule has 1 aromatic carbocycles. The summed E-state index contributed by atoms with van der Waals surface area (Å²) in [5, 5.41) is 4.05. The summed E-state index contributed by atoms with van der Waals surface area (Å²) >= 11 is 4.06. The number of aromatic nitrogens is 3. The maximum Gasteiger partial charge on any atom is 0.324 e. The Morgan fingerprint density at radius 2 is 2.03 bits per heavy atom. The van der Waals surface area contributed by atoms with Crippen molar-refractivity contribution >= 4 is 18.6 Å². The number of anilines is 1. The predicted octanol–water partition coefficient (Wildman–Crippen LogP) is 4.44. The van der Waals surface area contributed by atoms with Crippen LogP contribution < -0.4 is 9.64 Å². The first-order chi connectivity index (χ1) is 14.5. The summed E-state index contributed by atoms with van der Waals surface area (Å²) in [6.07, 6.45) is 1.69. The highest BCUT2D eigenvalue weighted by atomic mass is 32.1. The number of fused-ring (bicyclic) bond motifs is 1. The molecule has 2 unspecified atom stereocenters. The molecular formula is C22H23FN4O2S. The molecule has 2 fully saturated rings. The SMILES string of the molecule is CC(C)c1noc(N2CC3C(COc4ccc(-c5ccc(S)c(F)c5)nc4)[C@@H]3C2)n1. The summed E-state index contributed by atoms with van der Waals surface area (Å²) in [5.41, 5.74) is 1.42. The number of benzene rings is 1. The molecule has 3 aromatic rings. The van der Waals surface area contributed by atoms with E-state index in [1.165, 1.54) is 6.07 Å². The second-order valence-corrected chi connectivity index (χ2v) is 8.82. The van der Waals surface area contributed by atoms with Crippen molar-refractivity contribution in [3.8, 4) is 17.0 Å². The lowest BCUT2D eigenvalue weighted by molar-refractivity contribution is 0.281. The molecule has 5 rings (SSSR count). The zero-order valence-electron chi connectivity index (χ0n) is 16.8. The molecule has 2 aromatic heterocycles. The van der Waals surface area contributed by atoms with Crippen molar-refractivity contribution in [3.63, 3.8) is 0 Å². The van der Waals surface area contributed by atoms with Gasteiger partial charge in [0.1, 0.15) is 11.6 Å². The van der Waals surface area contributed by atoms with Gasteiger partial charge in [0.05, 0.1) is 18.5 Å². The van der Waals surface area contributed by atoms with E-state index >= 15 is 0 Å². The number of ether oxygens (including phenoxy) is 1. The van der Waals surface area contributed by atoms with Gasteiger partial charge in [0.15, 0.2) is 5.82 Å². The smallest absolute Gasteiger partial charge is 0.324 e. The average molecular weight is 427 g/mol. The van der Waals surface area contributed by atoms with E-state index in [0.29, 0.717) is 41.0 Å². The van der Waals surface area contributed by atoms with Gasteiger partial charge in [0.25, 0.3) is 0 Å². The Labute approximate surface area is 179 Å². The van der Waals surface area contributed by atoms with E-state index in [2.05, 4.69) is 46.5 Å². The van der Waals surface area contributed by atoms with Crippen molar-refractivity contribution in [1.82, 2.24) is 15.1 Å². The maximum absolute atomic E-state index is 13.7. The van der Waals surface area contributed by atoms with Gasteiger partial charge in [-0.05, 0) is 36.1 Å². The van der Waals surface area contributed by atoms with Crippen LogP contribution in [-0.4, -0.2) is 34.8 Å². The number of piperidine rings is 1. The summed E-state index contributed by atoms with van der Waals surface area (Å²) in [6.45, 7) is 6.65. The summed E-state index contributed by atoms with van der Waals surface area (Å²) < 4.78 is 25.1. The first-order valence-corrected chi connectivity index (χ1v) is 10.6. The van der Waals surface area contributed by atoms with E-state index in [4.69, 9.17) is 9.26 Å². The highest BCUT2D eigenvalue weighted by Crippen LogP contribution is 2.52. The number of nitrogens with zero attached hydrogens (tertiary/aromatic N) is 4. The van der Waals surface area contributed by atoms with E-state index in [1.807, 2.05) is 12.1 Å². The number of halogens is 1. The Morgan fingerprint density at radius 3 is 2.67 bits per heavy atom. The van der Waals surface area contributed by atoms with Crippen LogP contribution in [0, 0.1) is 23.6 Å². The quantitative estimate of drug-likeness (QED) is 0.588. The second-order valence-electron chi connectivity index (χ2n) is 8.34. The fourth-order valence-electron chi connectivity index (χ4n) is 4.14. The zero-order valence-corrected chi connectivity index (χ0v) is 17.7. The van der Waals surface area contributed by atoms with Gasteiger partial charge in [-0.1, -0.05) is 25.1 Å². The summed E-state index contributed by atoms with van der Waals surface area (Å²) in [5.74, 6) is 3.15. The largest absolute Gasteiger partial charge is 0.492 e. The molecular weight excluding hydrogens is 403 g/mol. The molecule has 1 aliphatic carbocycles. The number of hydrogen-bond donors (Lipinski definition) is 1. The average Bonchev–Trinajstić information content (AvgIpc) is 3.12. The van der Waals surface area contributed by atoms with E-state index in [1.54, 1.807) is 18.3 Å². The van der Waals surface area contributed by atoms with Gasteiger partial charge in [-0.15, -0.1) is 12.6 Å². The highest BCUT2D eigenvalue weighted by Gasteiger charge is 2.56. The second kappa shape index (κ2) is 7.58. The third-order valence-electron chi connectivity index (χ3n) is 6.01. The van der Waals surface area contributed by atoms with Crippen molar-refractivity contribution in [3.05, 3.63) is 48.2 Å². The van der Waals surface area contributed by atoms with Crippen LogP contribution in [0.3, 0.4) is 0 Å². The Balaban J connectivity index is 1.13. The Kier molecular flexibility index (Phi) is 4.89. The number of thiol groups is 1. The molecule has 1 saturated carbocycles. The fourth-order valence-corrected chi connectivity index (χ4v) is 4.28. The van der Waals surface area contributed by atoms with Crippen molar-refractivity contribution in [2.24, 2.45) is 17.8 Å². The van der Waals surface area contributed by atoms with E-state index in [-0.39, 0.29) is 11.7 Å². The molecule has 3 heterocycles. The van der Waals surface area contributed by atoms with Crippen LogP contribution in [0.1, 0.15) is 25.6 Å². The molecule has 0 N–H and O–H groups in total. The Bertz CT molecular complexity index is 1040. The molecule has 2 aliphatic rings. The predicted molar refractivity (Wildman–Crippen MR) is 113 cm³/mol. The first-order valence-electron chi connectivity index (χ1n) is 10.2. The minimum atomic E-state index is -0.353. The summed E-state index contributed by atoms with van der Waals surface area (Å²) in [6, 6.07) is 9.24. The van der Waals surface area contributed by atoms with Crippen LogP contribution >= 0.6 is 12.6 Å². The van der Waals surface area contributed by atoms with Crippen LogP contribution in [0.15, 0.2) is 45.9 Å². The minimum absolute atomic E-state index is 0.266. The maximum atomic E-state index is 13.7. The molecule has 1 aliphatic heterocycles. The zero-order chi connectivity index (χ0) is 20.8. The number of pyridine rings is 1. The van der Waals surface area contributed by atoms with Gasteiger partial charge in [0, 0.05) is 35.4 Å². The monoisotopic (exact) mass is 426 g/mol. The molecule has 30 heavy (non-hydrogen) atoms. The van der Waals surface area contributed by atoms with Gasteiger partial charge in [-0.2, -0.15) is 4.98 Å². The molecule has 1 saturated heterocycles. The van der Waals surface area contributed by atoms with Gasteiger partial charge in [-0.25, -0.2) is 4.39 Å². The van der Waals surface area contributed by atoms with Crippen molar-refractivity contribution in [2.45, 2.75) is 24.7 Å². The summed E-state index contributed by atoms with van der Waals surface area (Å²) in [4.78, 5) is 11.4. The van der Waals surface area contributed by atoms with Gasteiger partial charge in [0.2, 0.25) is 0 Å². The first kappa shape index (κ1) is 19.4. The van der Waals surface area contributed by atoms with Gasteiger partial charge in [-0.3, -0.25) is 4.98 Å². The molecule has 0 bridgehead atoms. The van der Waals surface area contributed by atoms with Gasteiger partial charge < -0.3 is 14.2 Å². The van der Waals surface area contributed by atoms with E-state index in [9.17, 15) is 4.39 Å². The number of hydrogen-bond acceptors (Lipinski definition) is 7. The van der Waals surface area contributed by atoms with Crippen molar-refractivity contribution in [1.29, 1.82) is 0 Å². The van der Waals surface area contributed by atoms with Crippen molar-refractivity contribution < 1.29 is 13.7 Å². The fraction of sp³-hybridized carbons (Fsp3) is 0.409. The minimum Gasteiger partial charge on any atom is -0.492 e. The molecule has 8 heteroatoms. The molecule has 0 spiro atoms. The Hall–Kier alpha value is -2.61. The standard InChI is InChI=1S/C22H23FN4O2S/c1-12(2)21-25-22(29-26-21)27-9-15-16(10-27)17(15)11-28-14-4-5-19(24-8-14)13-3-6-20(30)18(23)7-13/h3-8,12,15-17,30H,9-11H2,1-2H3/t15-,16?,17?/m1/s1. The van der Waals surface area contributed by atoms with E-state index in [0.717, 1.165) is 30.2 Å². The molecule has 156 valence electrons. The normalized spacial score (nSPS) is 22.4. The highest BCUT2D eigenvalue weighted by molar-refractivity contribution is 7.80. The molecule has 0 radical (unpaired) electrons. The van der Waals surface area contributed by atoms with Crippen molar-refractivity contribution in [2.75, 3.05) is 24.6 Å². The van der Waals surface area contributed by atoms with Crippen LogP contribution in [-0.2, 0) is 0 Å². The summed E-state index contributed by atoms with van der Waals surface area (Å²) in [7, 11) is 0. The lowest BCUT2D eigenvalue weighted by atomic mass is 10.1. The van der Waals surface area contributed by atoms with E-state index < -0.39 is 0 Å². The van der Waals surface area contributed by atoms with Crippen LogP contribution in [0.2, 0.25) is 0 Å². The lowest BCUT2D eigenvalue weighted by Crippen LogP contribution is -2.25. The number of rotatable bonds is 6.